The number of isocyanates is 1. The maximum absolute atomic E-state index is 10.2. The minimum absolute atomic E-state index is 0.536. The summed E-state index contributed by atoms with van der Waals surface area (Å²) < 4.78 is 6.01. The number of nitrogens with zero attached hydrogens (tertiary/aromatic N) is 1. The van der Waals surface area contributed by atoms with E-state index < -0.39 is 5.54 Å². The van der Waals surface area contributed by atoms with Crippen LogP contribution in [0.1, 0.15) is 18.7 Å². The minimum atomic E-state index is -0.536. The molecule has 0 aliphatic rings. The van der Waals surface area contributed by atoms with Gasteiger partial charge in [0.05, 0.1) is 11.6 Å². The monoisotopic (exact) mass is 275 g/mol. The largest absolute Gasteiger partial charge is 0.486 e. The van der Waals surface area contributed by atoms with E-state index in [0.717, 1.165) is 14.4 Å². The van der Waals surface area contributed by atoms with Crippen LogP contribution in [0, 0.1) is 0 Å². The summed E-state index contributed by atoms with van der Waals surface area (Å²) in [4.78, 5) is 14.9. The van der Waals surface area contributed by atoms with Crippen molar-refractivity contribution in [2.45, 2.75) is 19.4 Å². The molecular formula is C9H10BrNO2S. The molecule has 1 aromatic heterocycles. The lowest BCUT2D eigenvalue weighted by Crippen LogP contribution is -2.10. The summed E-state index contributed by atoms with van der Waals surface area (Å²) in [6, 6.07) is 1.91. The fourth-order valence-corrected chi connectivity index (χ4v) is 2.66. The molecule has 1 heterocycles. The van der Waals surface area contributed by atoms with E-state index in [1.807, 2.05) is 19.9 Å². The highest BCUT2D eigenvalue weighted by Crippen LogP contribution is 2.40. The van der Waals surface area contributed by atoms with Crippen LogP contribution in [0.25, 0.3) is 0 Å². The van der Waals surface area contributed by atoms with Crippen LogP contribution in [-0.2, 0) is 10.3 Å². The third kappa shape index (κ3) is 2.23. The van der Waals surface area contributed by atoms with Gasteiger partial charge in [-0.3, -0.25) is 0 Å². The molecule has 0 saturated heterocycles. The van der Waals surface area contributed by atoms with Crippen LogP contribution in [0.5, 0.6) is 5.06 Å². The summed E-state index contributed by atoms with van der Waals surface area (Å²) in [7, 11) is 1.61. The Balaban J connectivity index is 3.13. The Morgan fingerprint density at radius 3 is 2.71 bits per heavy atom. The second-order valence-electron chi connectivity index (χ2n) is 3.21. The van der Waals surface area contributed by atoms with Crippen molar-refractivity contribution in [1.29, 1.82) is 0 Å². The molecule has 1 rings (SSSR count). The number of hydrogen-bond acceptors (Lipinski definition) is 4. The van der Waals surface area contributed by atoms with Crippen molar-refractivity contribution in [2.24, 2.45) is 4.99 Å². The SMILES string of the molecule is COc1sc(C(C)(C)N=C=O)cc1Br. The normalized spacial score (nSPS) is 10.9. The van der Waals surface area contributed by atoms with Gasteiger partial charge in [0.25, 0.3) is 0 Å². The number of methoxy groups -OCH3 is 1. The van der Waals surface area contributed by atoms with Crippen LogP contribution in [0.4, 0.5) is 0 Å². The van der Waals surface area contributed by atoms with Gasteiger partial charge in [-0.1, -0.05) is 0 Å². The molecule has 14 heavy (non-hydrogen) atoms. The molecule has 5 heteroatoms. The second kappa shape index (κ2) is 4.26. The molecule has 0 aliphatic heterocycles. The number of rotatable bonds is 3. The van der Waals surface area contributed by atoms with E-state index in [4.69, 9.17) is 4.74 Å². The average Bonchev–Trinajstić information content (AvgIpc) is 2.47. The highest BCUT2D eigenvalue weighted by molar-refractivity contribution is 9.10. The molecule has 0 radical (unpaired) electrons. The number of halogens is 1. The van der Waals surface area contributed by atoms with Gasteiger partial charge in [-0.05, 0) is 35.8 Å². The first kappa shape index (κ1) is 11.4. The summed E-state index contributed by atoms with van der Waals surface area (Å²) >= 11 is 4.83. The molecule has 0 aliphatic carbocycles. The third-order valence-corrected chi connectivity index (χ3v) is 4.03. The lowest BCUT2D eigenvalue weighted by molar-refractivity contribution is 0.425. The van der Waals surface area contributed by atoms with Crippen molar-refractivity contribution in [3.63, 3.8) is 0 Å². The quantitative estimate of drug-likeness (QED) is 0.628. The second-order valence-corrected chi connectivity index (χ2v) is 5.08. The molecular weight excluding hydrogens is 266 g/mol. The van der Waals surface area contributed by atoms with Crippen molar-refractivity contribution in [2.75, 3.05) is 7.11 Å². The standard InChI is InChI=1S/C9H10BrNO2S/c1-9(2,11-5-12)7-4-6(10)8(13-3)14-7/h4H,1-3H3. The van der Waals surface area contributed by atoms with Gasteiger partial charge in [0.2, 0.25) is 6.08 Å². The zero-order valence-corrected chi connectivity index (χ0v) is 10.5. The zero-order valence-electron chi connectivity index (χ0n) is 8.13. The highest BCUT2D eigenvalue weighted by Gasteiger charge is 2.23. The molecule has 0 saturated carbocycles. The van der Waals surface area contributed by atoms with Gasteiger partial charge in [-0.2, -0.15) is 4.99 Å². The van der Waals surface area contributed by atoms with Crippen molar-refractivity contribution in [3.05, 3.63) is 15.4 Å². The molecule has 0 bridgehead atoms. The smallest absolute Gasteiger partial charge is 0.235 e. The Morgan fingerprint density at radius 2 is 2.29 bits per heavy atom. The highest BCUT2D eigenvalue weighted by atomic mass is 79.9. The maximum atomic E-state index is 10.2. The topological polar surface area (TPSA) is 38.7 Å². The van der Waals surface area contributed by atoms with E-state index >= 15 is 0 Å². The van der Waals surface area contributed by atoms with Crippen molar-refractivity contribution < 1.29 is 9.53 Å². The molecule has 3 nitrogen and oxygen atoms in total. The van der Waals surface area contributed by atoms with Crippen LogP contribution in [0.2, 0.25) is 0 Å². The fourth-order valence-electron chi connectivity index (χ4n) is 0.962. The van der Waals surface area contributed by atoms with E-state index in [-0.39, 0.29) is 0 Å². The first-order chi connectivity index (χ1) is 6.51. The van der Waals surface area contributed by atoms with Crippen LogP contribution in [0.15, 0.2) is 15.5 Å². The maximum Gasteiger partial charge on any atom is 0.235 e. The first-order valence-electron chi connectivity index (χ1n) is 3.94. The van der Waals surface area contributed by atoms with Gasteiger partial charge in [0, 0.05) is 4.88 Å². The Kier molecular flexibility index (Phi) is 3.48. The summed E-state index contributed by atoms with van der Waals surface area (Å²) in [5.74, 6) is 0. The Morgan fingerprint density at radius 1 is 1.64 bits per heavy atom. The molecule has 0 spiro atoms. The predicted molar refractivity (Wildman–Crippen MR) is 59.7 cm³/mol. The first-order valence-corrected chi connectivity index (χ1v) is 5.55. The number of carbonyl (C=O) groups excluding carboxylic acids is 1. The molecule has 0 aromatic carbocycles. The number of ether oxygens (including phenoxy) is 1. The van der Waals surface area contributed by atoms with E-state index in [2.05, 4.69) is 20.9 Å². The lowest BCUT2D eigenvalue weighted by atomic mass is 10.1. The molecule has 0 amide bonds. The van der Waals surface area contributed by atoms with Gasteiger partial charge in [-0.25, -0.2) is 4.79 Å². The van der Waals surface area contributed by atoms with Gasteiger partial charge in [-0.15, -0.1) is 11.3 Å². The number of hydrogen-bond donors (Lipinski definition) is 0. The minimum Gasteiger partial charge on any atom is -0.486 e. The van der Waals surface area contributed by atoms with Crippen molar-refractivity contribution in [1.82, 2.24) is 0 Å². The summed E-state index contributed by atoms with van der Waals surface area (Å²) in [6.45, 7) is 3.71. The number of aliphatic imine (C=N–C) groups is 1. The van der Waals surface area contributed by atoms with E-state index in [0.29, 0.717) is 0 Å². The van der Waals surface area contributed by atoms with E-state index in [1.165, 1.54) is 11.3 Å². The van der Waals surface area contributed by atoms with Crippen LogP contribution in [0.3, 0.4) is 0 Å². The van der Waals surface area contributed by atoms with Crippen molar-refractivity contribution in [3.8, 4) is 5.06 Å². The summed E-state index contributed by atoms with van der Waals surface area (Å²) in [5, 5.41) is 0.786. The number of thiophene rings is 1. The predicted octanol–water partition coefficient (Wildman–Crippen LogP) is 3.09. The molecule has 0 atom stereocenters. The molecule has 1 aromatic rings. The van der Waals surface area contributed by atoms with Crippen LogP contribution >= 0.6 is 27.3 Å². The van der Waals surface area contributed by atoms with Crippen molar-refractivity contribution >= 4 is 33.3 Å². The van der Waals surface area contributed by atoms with Gasteiger partial charge >= 0.3 is 0 Å². The van der Waals surface area contributed by atoms with Gasteiger partial charge < -0.3 is 4.74 Å². The zero-order chi connectivity index (χ0) is 10.8. The summed E-state index contributed by atoms with van der Waals surface area (Å²) in [6.07, 6.45) is 1.58. The third-order valence-electron chi connectivity index (χ3n) is 1.77. The Hall–Kier alpha value is -0.640. The van der Waals surface area contributed by atoms with Gasteiger partial charge in [0.15, 0.2) is 5.06 Å². The molecule has 0 fully saturated rings. The lowest BCUT2D eigenvalue weighted by Gasteiger charge is -2.13. The van der Waals surface area contributed by atoms with Gasteiger partial charge in [0.1, 0.15) is 5.54 Å². The fraction of sp³-hybridized carbons (Fsp3) is 0.444. The van der Waals surface area contributed by atoms with E-state index in [1.54, 1.807) is 13.2 Å². The van der Waals surface area contributed by atoms with Crippen LogP contribution in [-0.4, -0.2) is 13.2 Å². The van der Waals surface area contributed by atoms with E-state index in [9.17, 15) is 4.79 Å². The molecule has 76 valence electrons. The van der Waals surface area contributed by atoms with Crippen LogP contribution < -0.4 is 4.74 Å². The average molecular weight is 276 g/mol. The molecule has 0 unspecified atom stereocenters. The Labute approximate surface area is 94.9 Å². The molecule has 0 N–H and O–H groups in total. The summed E-state index contributed by atoms with van der Waals surface area (Å²) in [5.41, 5.74) is -0.536. The Bertz CT molecular complexity index is 380.